The van der Waals surface area contributed by atoms with Crippen molar-refractivity contribution in [3.8, 4) is 17.3 Å². The first-order valence-electron chi connectivity index (χ1n) is 6.33. The highest BCUT2D eigenvalue weighted by Crippen LogP contribution is 2.32. The van der Waals surface area contributed by atoms with Crippen molar-refractivity contribution < 1.29 is 0 Å². The van der Waals surface area contributed by atoms with E-state index in [2.05, 4.69) is 32.0 Å². The standard InChI is InChI=1S/C16H11BrN4/c1-9-7-12(10-5-3-2-4-6-10)20-14-11(8-18)15(17)21-16(19)13(9)14/h2-7H,1H3,(H2,19,21). The van der Waals surface area contributed by atoms with E-state index >= 15 is 0 Å². The lowest BCUT2D eigenvalue weighted by Gasteiger charge is -2.10. The highest BCUT2D eigenvalue weighted by atomic mass is 79.9. The highest BCUT2D eigenvalue weighted by Gasteiger charge is 2.15. The molecule has 4 nitrogen and oxygen atoms in total. The van der Waals surface area contributed by atoms with Crippen LogP contribution in [0.5, 0.6) is 0 Å². The van der Waals surface area contributed by atoms with Crippen LogP contribution in [-0.4, -0.2) is 9.97 Å². The third-order valence-corrected chi connectivity index (χ3v) is 3.89. The second kappa shape index (κ2) is 5.15. The summed E-state index contributed by atoms with van der Waals surface area (Å²) in [5.41, 5.74) is 9.73. The number of hydrogen-bond acceptors (Lipinski definition) is 4. The fraction of sp³-hybridized carbons (Fsp3) is 0.0625. The minimum absolute atomic E-state index is 0.375. The molecular weight excluding hydrogens is 328 g/mol. The highest BCUT2D eigenvalue weighted by molar-refractivity contribution is 9.10. The number of halogens is 1. The lowest BCUT2D eigenvalue weighted by atomic mass is 10.0. The zero-order chi connectivity index (χ0) is 15.0. The molecule has 0 radical (unpaired) electrons. The van der Waals surface area contributed by atoms with Gasteiger partial charge in [0.15, 0.2) is 0 Å². The molecule has 0 saturated heterocycles. The van der Waals surface area contributed by atoms with Gasteiger partial charge in [0, 0.05) is 10.9 Å². The zero-order valence-electron chi connectivity index (χ0n) is 11.3. The molecule has 0 spiro atoms. The Bertz CT molecular complexity index is 882. The second-order valence-corrected chi connectivity index (χ2v) is 5.44. The van der Waals surface area contributed by atoms with Gasteiger partial charge in [-0.3, -0.25) is 0 Å². The van der Waals surface area contributed by atoms with E-state index in [1.807, 2.05) is 43.3 Å². The molecule has 0 saturated carbocycles. The molecule has 0 bridgehead atoms. The first kappa shape index (κ1) is 13.5. The van der Waals surface area contributed by atoms with Crippen molar-refractivity contribution in [2.45, 2.75) is 6.92 Å². The summed E-state index contributed by atoms with van der Waals surface area (Å²) >= 11 is 3.28. The van der Waals surface area contributed by atoms with Gasteiger partial charge in [-0.1, -0.05) is 30.3 Å². The summed E-state index contributed by atoms with van der Waals surface area (Å²) < 4.78 is 0.423. The van der Waals surface area contributed by atoms with Crippen LogP contribution in [0.3, 0.4) is 0 Å². The van der Waals surface area contributed by atoms with E-state index in [0.717, 1.165) is 22.2 Å². The predicted octanol–water partition coefficient (Wildman–Crippen LogP) is 3.82. The fourth-order valence-corrected chi connectivity index (χ4v) is 2.82. The monoisotopic (exact) mass is 338 g/mol. The van der Waals surface area contributed by atoms with Crippen LogP contribution in [0.25, 0.3) is 22.2 Å². The van der Waals surface area contributed by atoms with Crippen LogP contribution in [0.2, 0.25) is 0 Å². The van der Waals surface area contributed by atoms with Gasteiger partial charge in [-0.05, 0) is 34.5 Å². The number of nitriles is 1. The summed E-state index contributed by atoms with van der Waals surface area (Å²) in [6, 6.07) is 13.9. The first-order valence-corrected chi connectivity index (χ1v) is 7.13. The minimum atomic E-state index is 0.375. The van der Waals surface area contributed by atoms with Crippen molar-refractivity contribution in [3.05, 3.63) is 52.1 Å². The van der Waals surface area contributed by atoms with E-state index in [-0.39, 0.29) is 0 Å². The van der Waals surface area contributed by atoms with Gasteiger partial charge < -0.3 is 5.73 Å². The summed E-state index contributed by atoms with van der Waals surface area (Å²) in [6.45, 7) is 1.95. The third kappa shape index (κ3) is 2.24. The summed E-state index contributed by atoms with van der Waals surface area (Å²) in [4.78, 5) is 8.79. The van der Waals surface area contributed by atoms with Gasteiger partial charge in [0.05, 0.1) is 11.2 Å². The molecule has 0 atom stereocenters. The summed E-state index contributed by atoms with van der Waals surface area (Å²) in [5, 5.41) is 10.1. The number of pyridine rings is 2. The topological polar surface area (TPSA) is 75.6 Å². The molecule has 1 aromatic carbocycles. The van der Waals surface area contributed by atoms with E-state index in [1.165, 1.54) is 0 Å². The van der Waals surface area contributed by atoms with Gasteiger partial charge in [0.1, 0.15) is 22.1 Å². The molecule has 0 aliphatic rings. The second-order valence-electron chi connectivity index (χ2n) is 4.69. The van der Waals surface area contributed by atoms with E-state index in [9.17, 15) is 5.26 Å². The van der Waals surface area contributed by atoms with E-state index in [0.29, 0.717) is 21.5 Å². The molecule has 0 fully saturated rings. The van der Waals surface area contributed by atoms with Gasteiger partial charge in [0.2, 0.25) is 0 Å². The maximum Gasteiger partial charge on any atom is 0.134 e. The van der Waals surface area contributed by atoms with Crippen molar-refractivity contribution in [2.75, 3.05) is 5.73 Å². The third-order valence-electron chi connectivity index (χ3n) is 3.32. The summed E-state index contributed by atoms with van der Waals surface area (Å²) in [6.07, 6.45) is 0. The van der Waals surface area contributed by atoms with Crippen molar-refractivity contribution in [2.24, 2.45) is 0 Å². The average Bonchev–Trinajstić information content (AvgIpc) is 2.47. The Morgan fingerprint density at radius 3 is 2.57 bits per heavy atom. The number of fused-ring (bicyclic) bond motifs is 1. The smallest absolute Gasteiger partial charge is 0.134 e. The summed E-state index contributed by atoms with van der Waals surface area (Å²) in [7, 11) is 0. The lowest BCUT2D eigenvalue weighted by Crippen LogP contribution is -2.00. The van der Waals surface area contributed by atoms with Gasteiger partial charge in [-0.2, -0.15) is 5.26 Å². The number of rotatable bonds is 1. The van der Waals surface area contributed by atoms with Gasteiger partial charge in [-0.15, -0.1) is 0 Å². The fourth-order valence-electron chi connectivity index (χ4n) is 2.35. The Morgan fingerprint density at radius 2 is 1.90 bits per heavy atom. The maximum atomic E-state index is 9.36. The zero-order valence-corrected chi connectivity index (χ0v) is 12.8. The van der Waals surface area contributed by atoms with Crippen molar-refractivity contribution in [1.82, 2.24) is 9.97 Å². The Balaban J connectivity index is 2.41. The van der Waals surface area contributed by atoms with Crippen molar-refractivity contribution in [3.63, 3.8) is 0 Å². The van der Waals surface area contributed by atoms with Crippen LogP contribution in [0, 0.1) is 18.3 Å². The molecule has 3 rings (SSSR count). The largest absolute Gasteiger partial charge is 0.383 e. The van der Waals surface area contributed by atoms with Crippen LogP contribution in [0.15, 0.2) is 41.0 Å². The number of hydrogen-bond donors (Lipinski definition) is 1. The van der Waals surface area contributed by atoms with E-state index in [1.54, 1.807) is 0 Å². The van der Waals surface area contributed by atoms with Crippen LogP contribution < -0.4 is 5.73 Å². The van der Waals surface area contributed by atoms with Crippen molar-refractivity contribution in [1.29, 1.82) is 5.26 Å². The van der Waals surface area contributed by atoms with Gasteiger partial charge >= 0.3 is 0 Å². The Kier molecular flexibility index (Phi) is 3.32. The number of benzene rings is 1. The van der Waals surface area contributed by atoms with E-state index in [4.69, 9.17) is 5.73 Å². The molecule has 2 aromatic heterocycles. The van der Waals surface area contributed by atoms with E-state index < -0.39 is 0 Å². The van der Waals surface area contributed by atoms with Gasteiger partial charge in [-0.25, -0.2) is 9.97 Å². The average molecular weight is 339 g/mol. The lowest BCUT2D eigenvalue weighted by molar-refractivity contribution is 1.25. The number of nitrogen functional groups attached to an aromatic ring is 1. The predicted molar refractivity (Wildman–Crippen MR) is 86.5 cm³/mol. The number of aryl methyl sites for hydroxylation is 1. The van der Waals surface area contributed by atoms with Crippen molar-refractivity contribution >= 4 is 32.7 Å². The van der Waals surface area contributed by atoms with Crippen LogP contribution in [0.4, 0.5) is 5.82 Å². The molecule has 0 amide bonds. The van der Waals surface area contributed by atoms with Crippen LogP contribution in [0.1, 0.15) is 11.1 Å². The molecule has 102 valence electrons. The molecule has 3 aromatic rings. The van der Waals surface area contributed by atoms with Crippen LogP contribution >= 0.6 is 15.9 Å². The first-order chi connectivity index (χ1) is 10.1. The number of anilines is 1. The number of nitrogens with zero attached hydrogens (tertiary/aromatic N) is 3. The molecular formula is C16H11BrN4. The maximum absolute atomic E-state index is 9.36. The molecule has 5 heteroatoms. The molecule has 21 heavy (non-hydrogen) atoms. The Morgan fingerprint density at radius 1 is 1.19 bits per heavy atom. The molecule has 2 heterocycles. The minimum Gasteiger partial charge on any atom is -0.383 e. The SMILES string of the molecule is Cc1cc(-c2ccccc2)nc2c(C#N)c(Br)nc(N)c12. The molecule has 0 unspecified atom stereocenters. The number of aromatic nitrogens is 2. The summed E-state index contributed by atoms with van der Waals surface area (Å²) in [5.74, 6) is 0.375. The Labute approximate surface area is 130 Å². The number of nitrogens with two attached hydrogens (primary N) is 1. The molecule has 0 aliphatic heterocycles. The van der Waals surface area contributed by atoms with Crippen LogP contribution in [-0.2, 0) is 0 Å². The molecule has 0 aliphatic carbocycles. The molecule has 2 N–H and O–H groups in total. The quantitative estimate of drug-likeness (QED) is 0.684. The Hall–Kier alpha value is -2.45. The normalized spacial score (nSPS) is 10.5. The van der Waals surface area contributed by atoms with Gasteiger partial charge in [0.25, 0.3) is 0 Å².